The van der Waals surface area contributed by atoms with Crippen LogP contribution >= 0.6 is 11.3 Å². The van der Waals surface area contributed by atoms with Crippen molar-refractivity contribution in [3.05, 3.63) is 117 Å². The number of oxazole rings is 1. The van der Waals surface area contributed by atoms with E-state index in [1.165, 1.54) is 22.5 Å². The quantitative estimate of drug-likeness (QED) is 0.0391. The van der Waals surface area contributed by atoms with Crippen molar-refractivity contribution in [1.29, 1.82) is 0 Å². The van der Waals surface area contributed by atoms with E-state index in [0.29, 0.717) is 99.5 Å². The van der Waals surface area contributed by atoms with E-state index in [9.17, 15) is 14.4 Å². The Morgan fingerprint density at radius 1 is 0.758 bits per heavy atom. The number of anilines is 2. The summed E-state index contributed by atoms with van der Waals surface area (Å²) in [6, 6.07) is 21.3. The molecule has 5 aromatic rings. The Balaban J connectivity index is 0.906. The molecule has 0 radical (unpaired) electrons. The molecule has 0 saturated heterocycles. The number of ether oxygens (including phenoxy) is 7. The number of thiophene rings is 1. The molecule has 0 unspecified atom stereocenters. The van der Waals surface area contributed by atoms with E-state index in [-0.39, 0.29) is 37.0 Å². The van der Waals surface area contributed by atoms with E-state index in [2.05, 4.69) is 54.6 Å². The Morgan fingerprint density at radius 2 is 1.41 bits per heavy atom. The van der Waals surface area contributed by atoms with Crippen molar-refractivity contribution in [3.63, 3.8) is 0 Å². The van der Waals surface area contributed by atoms with E-state index < -0.39 is 5.97 Å². The van der Waals surface area contributed by atoms with E-state index >= 15 is 0 Å². The van der Waals surface area contributed by atoms with E-state index in [1.807, 2.05) is 24.3 Å². The van der Waals surface area contributed by atoms with Gasteiger partial charge in [-0.2, -0.15) is 0 Å². The third-order valence-corrected chi connectivity index (χ3v) is 12.0. The number of hydrogen-bond donors (Lipinski definition) is 3. The summed E-state index contributed by atoms with van der Waals surface area (Å²) in [6.07, 6.45) is 7.47. The summed E-state index contributed by atoms with van der Waals surface area (Å²) in [6.45, 7) is 10.6. The fourth-order valence-corrected chi connectivity index (χ4v) is 8.82. The number of nitrogens with one attached hydrogen (secondary N) is 2. The monoisotopic (exact) mass is 927 g/mol. The minimum absolute atomic E-state index is 0.0939. The molecule has 6 rings (SSSR count). The van der Waals surface area contributed by atoms with Crippen LogP contribution in [0.4, 0.5) is 10.7 Å². The Hall–Kier alpha value is -5.46. The van der Waals surface area contributed by atoms with Gasteiger partial charge in [0.2, 0.25) is 5.89 Å². The van der Waals surface area contributed by atoms with Gasteiger partial charge in [-0.25, -0.2) is 9.78 Å². The van der Waals surface area contributed by atoms with Crippen LogP contribution in [0.15, 0.2) is 83.6 Å². The molecule has 354 valence electrons. The molecule has 16 heteroatoms. The van der Waals surface area contributed by atoms with Crippen LogP contribution in [-0.2, 0) is 58.9 Å². The molecule has 3 aromatic carbocycles. The second kappa shape index (κ2) is 26.0. The van der Waals surface area contributed by atoms with E-state index in [1.54, 1.807) is 36.7 Å². The highest BCUT2D eigenvalue weighted by atomic mass is 32.1. The highest BCUT2D eigenvalue weighted by Gasteiger charge is 2.33. The second-order valence-electron chi connectivity index (χ2n) is 16.5. The first kappa shape index (κ1) is 50.0. The highest BCUT2D eigenvalue weighted by molar-refractivity contribution is 7.17. The molecule has 2 amide bonds. The van der Waals surface area contributed by atoms with Gasteiger partial charge in [-0.3, -0.25) is 9.59 Å². The minimum Gasteiger partial charge on any atom is -0.491 e. The highest BCUT2D eigenvalue weighted by Crippen LogP contribution is 2.44. The van der Waals surface area contributed by atoms with Gasteiger partial charge in [0.05, 0.1) is 84.4 Å². The number of aliphatic carboxylic acids is 1. The summed E-state index contributed by atoms with van der Waals surface area (Å²) in [7, 11) is 0. The minimum atomic E-state index is -1.01. The average molecular weight is 928 g/mol. The number of nitrogens with zero attached hydrogens (tertiary/aromatic N) is 1. The Labute approximate surface area is 390 Å². The maximum absolute atomic E-state index is 14.1. The molecule has 2 heterocycles. The predicted octanol–water partition coefficient (Wildman–Crippen LogP) is 8.08. The van der Waals surface area contributed by atoms with Crippen LogP contribution in [0.5, 0.6) is 5.75 Å². The summed E-state index contributed by atoms with van der Waals surface area (Å²) in [5.41, 5.74) is 7.20. The predicted molar refractivity (Wildman–Crippen MR) is 251 cm³/mol. The number of carboxylic acids is 1. The van der Waals surface area contributed by atoms with Gasteiger partial charge in [0, 0.05) is 21.7 Å². The number of aryl methyl sites for hydroxylation is 3. The van der Waals surface area contributed by atoms with Crippen molar-refractivity contribution >= 4 is 39.8 Å². The van der Waals surface area contributed by atoms with Crippen LogP contribution in [0.25, 0.3) is 11.5 Å². The topological polar surface area (TPSA) is 186 Å². The lowest BCUT2D eigenvalue weighted by molar-refractivity contribution is -0.142. The summed E-state index contributed by atoms with van der Waals surface area (Å²) in [4.78, 5) is 43.6. The molecular formula is C50H61N3O12S. The first-order valence-corrected chi connectivity index (χ1v) is 23.1. The molecular weight excluding hydrogens is 867 g/mol. The number of fused-ring (bicyclic) bond motifs is 1. The molecule has 1 aliphatic carbocycles. The number of carbonyl (C=O) groups excluding carboxylic acids is 2. The third-order valence-electron chi connectivity index (χ3n) is 10.8. The zero-order chi connectivity index (χ0) is 46.6. The largest absolute Gasteiger partial charge is 0.491 e. The first-order valence-electron chi connectivity index (χ1n) is 22.3. The lowest BCUT2D eigenvalue weighted by Crippen LogP contribution is -2.23. The summed E-state index contributed by atoms with van der Waals surface area (Å²) in [5, 5.41) is 15.3. The van der Waals surface area contributed by atoms with Gasteiger partial charge >= 0.3 is 5.97 Å². The van der Waals surface area contributed by atoms with Gasteiger partial charge in [0.25, 0.3) is 11.8 Å². The molecule has 3 N–H and O–H groups in total. The number of carbonyl (C=O) groups is 3. The van der Waals surface area contributed by atoms with Crippen LogP contribution < -0.4 is 15.4 Å². The first-order chi connectivity index (χ1) is 32.0. The summed E-state index contributed by atoms with van der Waals surface area (Å²) < 4.78 is 43.6. The van der Waals surface area contributed by atoms with Crippen LogP contribution in [0.1, 0.15) is 68.1 Å². The van der Waals surface area contributed by atoms with Crippen molar-refractivity contribution in [3.8, 4) is 17.2 Å². The van der Waals surface area contributed by atoms with Gasteiger partial charge in [-0.15, -0.1) is 11.3 Å². The van der Waals surface area contributed by atoms with Crippen molar-refractivity contribution in [2.45, 2.75) is 52.9 Å². The molecule has 1 aliphatic rings. The second-order valence-corrected chi connectivity index (χ2v) is 17.6. The number of rotatable bonds is 29. The van der Waals surface area contributed by atoms with Gasteiger partial charge < -0.3 is 53.3 Å². The van der Waals surface area contributed by atoms with Crippen LogP contribution in [0.2, 0.25) is 0 Å². The molecule has 0 aliphatic heterocycles. The van der Waals surface area contributed by atoms with Crippen LogP contribution in [0.3, 0.4) is 0 Å². The fourth-order valence-electron chi connectivity index (χ4n) is 7.32. The number of carboxylic acid groups (broad SMARTS) is 1. The maximum atomic E-state index is 14.1. The van der Waals surface area contributed by atoms with Crippen LogP contribution in [0, 0.1) is 12.3 Å². The number of amides is 2. The number of hydrogen-bond acceptors (Lipinski definition) is 13. The molecule has 15 nitrogen and oxygen atoms in total. The lowest BCUT2D eigenvalue weighted by atomic mass is 9.77. The summed E-state index contributed by atoms with van der Waals surface area (Å²) >= 11 is 1.49. The Bertz CT molecular complexity index is 2290. The zero-order valence-corrected chi connectivity index (χ0v) is 38.8. The SMILES string of the molecule is Cc1cc(NC(=O)c2c(NC(=O)c3cccc(OCCOCCOCCOCCOCCOCCOCC(=O)O)c3)sc3c2CCC(C)(C)C3)ccc1CCc1ccc(-c2ncco2)cc1. The van der Waals surface area contributed by atoms with Gasteiger partial charge in [0.15, 0.2) is 0 Å². The molecule has 0 atom stereocenters. The molecule has 0 spiro atoms. The fraction of sp³-hybridized carbons (Fsp3) is 0.440. The zero-order valence-electron chi connectivity index (χ0n) is 38.0. The third kappa shape index (κ3) is 16.2. The number of aromatic nitrogens is 1. The molecule has 2 aromatic heterocycles. The summed E-state index contributed by atoms with van der Waals surface area (Å²) in [5.74, 6) is -0.436. The molecule has 0 saturated carbocycles. The van der Waals surface area contributed by atoms with Crippen molar-refractivity contribution in [2.24, 2.45) is 5.41 Å². The smallest absolute Gasteiger partial charge is 0.329 e. The van der Waals surface area contributed by atoms with Crippen LogP contribution in [-0.4, -0.2) is 114 Å². The standard InChI is InChI=1S/C50H61N3O12S/c1-35-31-40(14-13-37(35)10-7-36-8-11-38(12-9-36)48-51-17-18-65-48)52-47(57)45-42-15-16-50(2,3)33-43(42)66-49(45)53-46(56)39-5-4-6-41(32-39)64-30-29-62-26-25-60-22-21-58-19-20-59-23-24-61-27-28-63-34-44(54)55/h4-6,8-9,11-14,17-18,31-32H,7,10,15-16,19-30,33-34H2,1-3H3,(H,52,57)(H,53,56)(H,54,55). The van der Waals surface area contributed by atoms with Gasteiger partial charge in [-0.1, -0.05) is 38.1 Å². The average Bonchev–Trinajstić information content (AvgIpc) is 3.96. The maximum Gasteiger partial charge on any atom is 0.329 e. The Kier molecular flexibility index (Phi) is 19.7. The van der Waals surface area contributed by atoms with E-state index in [0.717, 1.165) is 53.7 Å². The van der Waals surface area contributed by atoms with Crippen molar-refractivity contribution < 1.29 is 57.1 Å². The number of benzene rings is 3. The van der Waals surface area contributed by atoms with E-state index in [4.69, 9.17) is 42.7 Å². The van der Waals surface area contributed by atoms with Gasteiger partial charge in [0.1, 0.15) is 30.2 Å². The normalized spacial score (nSPS) is 13.0. The Morgan fingerprint density at radius 3 is 2.03 bits per heavy atom. The van der Waals surface area contributed by atoms with Crippen molar-refractivity contribution in [1.82, 2.24) is 4.98 Å². The lowest BCUT2D eigenvalue weighted by Gasteiger charge is -2.29. The molecule has 0 fully saturated rings. The molecule has 0 bridgehead atoms. The van der Waals surface area contributed by atoms with Gasteiger partial charge in [-0.05, 0) is 109 Å². The van der Waals surface area contributed by atoms with Crippen molar-refractivity contribution in [2.75, 3.05) is 96.5 Å². The molecule has 66 heavy (non-hydrogen) atoms.